The summed E-state index contributed by atoms with van der Waals surface area (Å²) in [6, 6.07) is 20.7. The highest BCUT2D eigenvalue weighted by Crippen LogP contribution is 2.35. The van der Waals surface area contributed by atoms with Gasteiger partial charge >= 0.3 is 5.97 Å². The van der Waals surface area contributed by atoms with Crippen LogP contribution in [0, 0.1) is 5.82 Å². The van der Waals surface area contributed by atoms with Gasteiger partial charge in [0.2, 0.25) is 0 Å². The van der Waals surface area contributed by atoms with Gasteiger partial charge in [0.15, 0.2) is 5.17 Å². The molecule has 1 N–H and O–H groups in total. The number of carbonyl (C=O) groups excluding carboxylic acids is 1. The largest absolute Gasteiger partial charge is 0.478 e. The molecule has 0 bridgehead atoms. The molecular formula is C28H24FN3O4S. The van der Waals surface area contributed by atoms with Crippen molar-refractivity contribution in [1.82, 2.24) is 4.90 Å². The molecule has 0 aromatic heterocycles. The van der Waals surface area contributed by atoms with Crippen molar-refractivity contribution in [2.24, 2.45) is 4.99 Å². The van der Waals surface area contributed by atoms with Crippen LogP contribution < -0.4 is 4.90 Å². The lowest BCUT2D eigenvalue weighted by Gasteiger charge is -2.29. The van der Waals surface area contributed by atoms with Crippen molar-refractivity contribution < 1.29 is 23.8 Å². The second kappa shape index (κ2) is 11.0. The van der Waals surface area contributed by atoms with Gasteiger partial charge in [-0.1, -0.05) is 36.4 Å². The number of hydrogen-bond donors (Lipinski definition) is 1. The SMILES string of the molecule is O=C(O)c1ccc(CN2C(=O)/C(=C/c3ccc(N4CCOCC4)c(F)c3)SC2=Nc2ccccc2)cc1. The minimum absolute atomic E-state index is 0.173. The third-order valence-corrected chi connectivity index (χ3v) is 7.04. The number of aromatic carboxylic acids is 1. The molecule has 0 spiro atoms. The van der Waals surface area contributed by atoms with Crippen molar-refractivity contribution in [2.45, 2.75) is 6.54 Å². The molecule has 3 aromatic rings. The molecule has 7 nitrogen and oxygen atoms in total. The molecule has 1 amide bonds. The maximum atomic E-state index is 14.9. The molecule has 3 aromatic carbocycles. The van der Waals surface area contributed by atoms with Gasteiger partial charge in [0.25, 0.3) is 5.91 Å². The summed E-state index contributed by atoms with van der Waals surface area (Å²) in [6.45, 7) is 2.61. The highest BCUT2D eigenvalue weighted by atomic mass is 32.2. The Hall–Kier alpha value is -3.95. The Labute approximate surface area is 217 Å². The molecule has 0 atom stereocenters. The van der Waals surface area contributed by atoms with E-state index < -0.39 is 5.97 Å². The normalized spacial score (nSPS) is 18.1. The van der Waals surface area contributed by atoms with Crippen LogP contribution in [0.2, 0.25) is 0 Å². The number of para-hydroxylation sites is 1. The van der Waals surface area contributed by atoms with Gasteiger partial charge in [-0.3, -0.25) is 9.69 Å². The molecule has 2 saturated heterocycles. The predicted octanol–water partition coefficient (Wildman–Crippen LogP) is 5.16. The molecule has 2 heterocycles. The molecule has 37 heavy (non-hydrogen) atoms. The highest BCUT2D eigenvalue weighted by molar-refractivity contribution is 8.18. The monoisotopic (exact) mass is 517 g/mol. The fourth-order valence-electron chi connectivity index (χ4n) is 4.10. The van der Waals surface area contributed by atoms with Crippen LogP contribution in [0.5, 0.6) is 0 Å². The molecule has 5 rings (SSSR count). The first-order valence-corrected chi connectivity index (χ1v) is 12.6. The van der Waals surface area contributed by atoms with Crippen molar-refractivity contribution >= 4 is 46.3 Å². The zero-order valence-electron chi connectivity index (χ0n) is 19.8. The fraction of sp³-hybridized carbons (Fsp3) is 0.179. The van der Waals surface area contributed by atoms with Crippen molar-refractivity contribution in [2.75, 3.05) is 31.2 Å². The number of carboxylic acid groups (broad SMARTS) is 1. The number of nitrogens with zero attached hydrogens (tertiary/aromatic N) is 3. The van der Waals surface area contributed by atoms with Gasteiger partial charge in [-0.2, -0.15) is 0 Å². The Morgan fingerprint density at radius 1 is 1.05 bits per heavy atom. The summed E-state index contributed by atoms with van der Waals surface area (Å²) >= 11 is 1.23. The van der Waals surface area contributed by atoms with Gasteiger partial charge < -0.3 is 14.7 Å². The molecule has 0 saturated carbocycles. The number of aliphatic imine (C=N–C) groups is 1. The minimum atomic E-state index is -1.01. The number of anilines is 1. The number of hydrogen-bond acceptors (Lipinski definition) is 6. The van der Waals surface area contributed by atoms with E-state index in [1.807, 2.05) is 35.2 Å². The average Bonchev–Trinajstić information content (AvgIpc) is 3.19. The van der Waals surface area contributed by atoms with Crippen molar-refractivity contribution in [3.05, 3.63) is 100 Å². The summed E-state index contributed by atoms with van der Waals surface area (Å²) in [4.78, 5) is 33.2. The molecule has 2 aliphatic rings. The Morgan fingerprint density at radius 2 is 1.78 bits per heavy atom. The topological polar surface area (TPSA) is 82.4 Å². The molecule has 188 valence electrons. The number of amides is 1. The maximum Gasteiger partial charge on any atom is 0.335 e. The van der Waals surface area contributed by atoms with E-state index in [0.717, 1.165) is 5.56 Å². The molecule has 2 aliphatic heterocycles. The summed E-state index contributed by atoms with van der Waals surface area (Å²) < 4.78 is 20.3. The maximum absolute atomic E-state index is 14.9. The van der Waals surface area contributed by atoms with E-state index in [1.165, 1.54) is 30.0 Å². The fourth-order valence-corrected chi connectivity index (χ4v) is 5.10. The van der Waals surface area contributed by atoms with Gasteiger partial charge in [-0.25, -0.2) is 14.2 Å². The number of morpholine rings is 1. The van der Waals surface area contributed by atoms with E-state index in [1.54, 1.807) is 35.2 Å². The van der Waals surface area contributed by atoms with Crippen LogP contribution >= 0.6 is 11.8 Å². The third-order valence-electron chi connectivity index (χ3n) is 6.03. The quantitative estimate of drug-likeness (QED) is 0.455. The summed E-state index contributed by atoms with van der Waals surface area (Å²) in [7, 11) is 0. The van der Waals surface area contributed by atoms with Crippen LogP contribution in [-0.2, 0) is 16.1 Å². The minimum Gasteiger partial charge on any atom is -0.478 e. The first kappa shape index (κ1) is 24.7. The Kier molecular flexibility index (Phi) is 7.34. The van der Waals surface area contributed by atoms with Crippen LogP contribution in [0.1, 0.15) is 21.5 Å². The van der Waals surface area contributed by atoms with E-state index >= 15 is 0 Å². The third kappa shape index (κ3) is 5.73. The molecule has 0 radical (unpaired) electrons. The number of thioether (sulfide) groups is 1. The lowest BCUT2D eigenvalue weighted by Crippen LogP contribution is -2.36. The van der Waals surface area contributed by atoms with Crippen LogP contribution in [0.15, 0.2) is 82.7 Å². The van der Waals surface area contributed by atoms with Gasteiger partial charge in [0.1, 0.15) is 5.82 Å². The number of rotatable bonds is 6. The zero-order chi connectivity index (χ0) is 25.8. The van der Waals surface area contributed by atoms with E-state index in [2.05, 4.69) is 4.99 Å². The number of halogens is 1. The Balaban J connectivity index is 1.43. The number of carboxylic acids is 1. The van der Waals surface area contributed by atoms with Crippen molar-refractivity contribution in [1.29, 1.82) is 0 Å². The summed E-state index contributed by atoms with van der Waals surface area (Å²) in [6.07, 6.45) is 1.67. The van der Waals surface area contributed by atoms with Crippen molar-refractivity contribution in [3.8, 4) is 0 Å². The second-order valence-electron chi connectivity index (χ2n) is 8.54. The summed E-state index contributed by atoms with van der Waals surface area (Å²) in [5, 5.41) is 9.66. The van der Waals surface area contributed by atoms with Gasteiger partial charge in [-0.15, -0.1) is 0 Å². The molecule has 9 heteroatoms. The van der Waals surface area contributed by atoms with E-state index in [0.29, 0.717) is 53.3 Å². The molecule has 0 unspecified atom stereocenters. The van der Waals surface area contributed by atoms with Gasteiger partial charge in [0, 0.05) is 13.1 Å². The summed E-state index contributed by atoms with van der Waals surface area (Å²) in [5.74, 6) is -1.61. The van der Waals surface area contributed by atoms with Crippen LogP contribution in [0.4, 0.5) is 15.8 Å². The Morgan fingerprint density at radius 3 is 2.46 bits per heavy atom. The first-order chi connectivity index (χ1) is 18.0. The standard InChI is InChI=1S/C28H24FN3O4S/c29-23-16-20(8-11-24(23)31-12-14-36-15-13-31)17-25-26(33)32(18-19-6-9-21(10-7-19)27(34)35)28(37-25)30-22-4-2-1-3-5-22/h1-11,16-17H,12-15,18H2,(H,34,35)/b25-17-,30-28?. The lowest BCUT2D eigenvalue weighted by molar-refractivity contribution is -0.122. The zero-order valence-corrected chi connectivity index (χ0v) is 20.7. The molecule has 0 aliphatic carbocycles. The van der Waals surface area contributed by atoms with Crippen LogP contribution in [-0.4, -0.2) is 53.4 Å². The highest BCUT2D eigenvalue weighted by Gasteiger charge is 2.33. The Bertz CT molecular complexity index is 1370. The van der Waals surface area contributed by atoms with Crippen LogP contribution in [0.3, 0.4) is 0 Å². The average molecular weight is 518 g/mol. The summed E-state index contributed by atoms with van der Waals surface area (Å²) in [5.41, 5.74) is 2.74. The number of carbonyl (C=O) groups is 2. The van der Waals surface area contributed by atoms with Crippen molar-refractivity contribution in [3.63, 3.8) is 0 Å². The van der Waals surface area contributed by atoms with Gasteiger partial charge in [-0.05, 0) is 65.4 Å². The number of benzene rings is 3. The van der Waals surface area contributed by atoms with E-state index in [9.17, 15) is 14.0 Å². The van der Waals surface area contributed by atoms with Gasteiger partial charge in [0.05, 0.1) is 41.6 Å². The smallest absolute Gasteiger partial charge is 0.335 e. The van der Waals surface area contributed by atoms with Crippen LogP contribution in [0.25, 0.3) is 6.08 Å². The second-order valence-corrected chi connectivity index (χ2v) is 9.55. The first-order valence-electron chi connectivity index (χ1n) is 11.8. The number of ether oxygens (including phenoxy) is 1. The number of amidine groups is 1. The van der Waals surface area contributed by atoms with E-state index in [-0.39, 0.29) is 23.8 Å². The predicted molar refractivity (Wildman–Crippen MR) is 142 cm³/mol. The lowest BCUT2D eigenvalue weighted by atomic mass is 10.1. The molecular weight excluding hydrogens is 493 g/mol. The molecule has 2 fully saturated rings. The van der Waals surface area contributed by atoms with E-state index in [4.69, 9.17) is 9.84 Å².